The number of halogens is 6. The van der Waals surface area contributed by atoms with Gasteiger partial charge in [-0.2, -0.15) is 26.3 Å². The number of rotatable bonds is 4. The van der Waals surface area contributed by atoms with Gasteiger partial charge in [0.05, 0.1) is 16.8 Å². The fourth-order valence-electron chi connectivity index (χ4n) is 6.11. The van der Waals surface area contributed by atoms with Crippen LogP contribution in [0.3, 0.4) is 0 Å². The lowest BCUT2D eigenvalue weighted by molar-refractivity contribution is -0.142. The van der Waals surface area contributed by atoms with Crippen LogP contribution < -0.4 is 10.9 Å². The van der Waals surface area contributed by atoms with E-state index in [4.69, 9.17) is 0 Å². The Morgan fingerprint density at radius 2 is 1.35 bits per heavy atom. The molecule has 1 aliphatic heterocycles. The monoisotopic (exact) mass is 441 g/mol. The predicted octanol–water partition coefficient (Wildman–Crippen LogP) is 6.42. The molecule has 0 saturated carbocycles. The number of nitrogens with zero attached hydrogens (tertiary/aromatic N) is 1. The molecular weight excluding hydrogens is 415 g/mol. The maximum atomic E-state index is 14.2. The third-order valence-corrected chi connectivity index (χ3v) is 7.01. The van der Waals surface area contributed by atoms with Crippen LogP contribution in [0.25, 0.3) is 11.3 Å². The first-order chi connectivity index (χ1) is 14.1. The Hall–Kier alpha value is -1.99. The number of hydrogen-bond donors (Lipinski definition) is 0. The van der Waals surface area contributed by atoms with E-state index in [1.807, 2.05) is 41.5 Å². The Morgan fingerprint density at radius 1 is 0.806 bits per heavy atom. The SMILES string of the molecule is CC(C)C(B1c2cccnc2-c2cc(C(F)(F)F)cc(C(F)(F)F)c21)(C(C)C)C(C)C. The molecule has 1 aromatic carbocycles. The lowest BCUT2D eigenvalue weighted by atomic mass is 9.21. The van der Waals surface area contributed by atoms with E-state index in [1.165, 1.54) is 6.20 Å². The second-order valence-electron chi connectivity index (χ2n) is 9.32. The molecule has 1 aromatic heterocycles. The zero-order chi connectivity index (χ0) is 23.5. The van der Waals surface area contributed by atoms with E-state index in [0.717, 1.165) is 6.07 Å². The van der Waals surface area contributed by atoms with Crippen LogP contribution in [-0.4, -0.2) is 11.7 Å². The van der Waals surface area contributed by atoms with Crippen LogP contribution >= 0.6 is 0 Å². The highest BCUT2D eigenvalue weighted by molar-refractivity contribution is 6.92. The van der Waals surface area contributed by atoms with Crippen LogP contribution in [0.2, 0.25) is 5.31 Å². The highest BCUT2D eigenvalue weighted by Crippen LogP contribution is 2.55. The molecule has 0 amide bonds. The summed E-state index contributed by atoms with van der Waals surface area (Å²) in [6, 6.07) is 4.45. The Bertz CT molecular complexity index is 953. The Labute approximate surface area is 179 Å². The van der Waals surface area contributed by atoms with Crippen molar-refractivity contribution < 1.29 is 26.3 Å². The normalized spacial score (nSPS) is 14.6. The van der Waals surface area contributed by atoms with Gasteiger partial charge in [0.25, 0.3) is 0 Å². The highest BCUT2D eigenvalue weighted by Gasteiger charge is 2.56. The molecule has 0 spiro atoms. The van der Waals surface area contributed by atoms with Crippen molar-refractivity contribution in [2.75, 3.05) is 0 Å². The van der Waals surface area contributed by atoms with E-state index in [9.17, 15) is 26.3 Å². The number of hydrogen-bond acceptors (Lipinski definition) is 1. The van der Waals surface area contributed by atoms with Gasteiger partial charge in [0.2, 0.25) is 6.71 Å². The maximum Gasteiger partial charge on any atom is 0.416 e. The van der Waals surface area contributed by atoms with Gasteiger partial charge in [0, 0.05) is 6.20 Å². The minimum Gasteiger partial charge on any atom is -0.257 e. The average Bonchev–Trinajstić information content (AvgIpc) is 2.94. The van der Waals surface area contributed by atoms with Gasteiger partial charge in [-0.25, -0.2) is 0 Å². The van der Waals surface area contributed by atoms with E-state index < -0.39 is 35.5 Å². The van der Waals surface area contributed by atoms with E-state index in [-0.39, 0.29) is 40.5 Å². The summed E-state index contributed by atoms with van der Waals surface area (Å²) in [5.41, 5.74) is -1.88. The molecule has 0 radical (unpaired) electrons. The minimum absolute atomic E-state index is 0.0279. The van der Waals surface area contributed by atoms with Crippen LogP contribution in [0.15, 0.2) is 30.5 Å². The molecule has 0 bridgehead atoms. The lowest BCUT2D eigenvalue weighted by Crippen LogP contribution is -2.57. The summed E-state index contributed by atoms with van der Waals surface area (Å²) >= 11 is 0. The number of aromatic nitrogens is 1. The molecule has 0 unspecified atom stereocenters. The van der Waals surface area contributed by atoms with Gasteiger partial charge in [-0.3, -0.25) is 4.98 Å². The Kier molecular flexibility index (Phi) is 5.77. The molecule has 1 aliphatic rings. The second-order valence-corrected chi connectivity index (χ2v) is 9.32. The first kappa shape index (κ1) is 23.7. The molecule has 0 fully saturated rings. The van der Waals surface area contributed by atoms with Crippen molar-refractivity contribution in [3.63, 3.8) is 0 Å². The zero-order valence-corrected chi connectivity index (χ0v) is 18.4. The average molecular weight is 441 g/mol. The van der Waals surface area contributed by atoms with Gasteiger partial charge in [-0.05, 0) is 52.3 Å². The summed E-state index contributed by atoms with van der Waals surface area (Å²) in [5.74, 6) is -0.0837. The maximum absolute atomic E-state index is 14.2. The molecule has 8 heteroatoms. The molecule has 31 heavy (non-hydrogen) atoms. The molecule has 3 rings (SSSR count). The number of benzene rings is 1. The highest BCUT2D eigenvalue weighted by atomic mass is 19.4. The molecule has 0 aliphatic carbocycles. The van der Waals surface area contributed by atoms with E-state index in [1.54, 1.807) is 12.1 Å². The first-order valence-corrected chi connectivity index (χ1v) is 10.4. The van der Waals surface area contributed by atoms with Gasteiger partial charge in [0.15, 0.2) is 0 Å². The molecule has 0 saturated heterocycles. The van der Waals surface area contributed by atoms with Crippen LogP contribution in [0.5, 0.6) is 0 Å². The van der Waals surface area contributed by atoms with Gasteiger partial charge in [-0.1, -0.05) is 53.1 Å². The van der Waals surface area contributed by atoms with Gasteiger partial charge in [0.1, 0.15) is 0 Å². The van der Waals surface area contributed by atoms with E-state index in [2.05, 4.69) is 4.98 Å². The largest absolute Gasteiger partial charge is 0.416 e. The molecule has 2 aromatic rings. The van der Waals surface area contributed by atoms with Gasteiger partial charge < -0.3 is 0 Å². The Balaban J connectivity index is 2.52. The van der Waals surface area contributed by atoms with Crippen molar-refractivity contribution in [2.45, 2.75) is 59.2 Å². The van der Waals surface area contributed by atoms with E-state index in [0.29, 0.717) is 5.46 Å². The van der Waals surface area contributed by atoms with Crippen LogP contribution in [-0.2, 0) is 12.4 Å². The molecule has 0 atom stereocenters. The predicted molar refractivity (Wildman–Crippen MR) is 112 cm³/mol. The van der Waals surface area contributed by atoms with Gasteiger partial charge in [-0.15, -0.1) is 0 Å². The summed E-state index contributed by atoms with van der Waals surface area (Å²) in [4.78, 5) is 4.25. The summed E-state index contributed by atoms with van der Waals surface area (Å²) in [7, 11) is 0. The summed E-state index contributed by atoms with van der Waals surface area (Å²) in [6.07, 6.45) is -8.41. The fraction of sp³-hybridized carbons (Fsp3) is 0.522. The van der Waals surface area contributed by atoms with Crippen molar-refractivity contribution in [3.8, 4) is 11.3 Å². The number of pyridine rings is 1. The third-order valence-electron chi connectivity index (χ3n) is 7.01. The van der Waals surface area contributed by atoms with E-state index >= 15 is 0 Å². The van der Waals surface area contributed by atoms with Crippen LogP contribution in [0.4, 0.5) is 26.3 Å². The van der Waals surface area contributed by atoms with Gasteiger partial charge >= 0.3 is 12.4 Å². The minimum atomic E-state index is -4.93. The standard InChI is InChI=1S/C23H26BF6N/c1-12(2)21(13(3)4,14(5)6)24-18-8-7-9-31-20(18)16-10-15(22(25,26)27)11-17(19(16)24)23(28,29)30/h7-14H,1-6H3. The topological polar surface area (TPSA) is 12.9 Å². The first-order valence-electron chi connectivity index (χ1n) is 10.4. The quantitative estimate of drug-likeness (QED) is 0.394. The molecule has 168 valence electrons. The summed E-state index contributed by atoms with van der Waals surface area (Å²) in [5, 5.41) is -0.622. The third kappa shape index (κ3) is 3.56. The van der Waals surface area contributed by atoms with Crippen molar-refractivity contribution >= 4 is 17.6 Å². The molecular formula is C23H26BF6N. The number of alkyl halides is 6. The second kappa shape index (κ2) is 7.56. The Morgan fingerprint density at radius 3 is 1.81 bits per heavy atom. The van der Waals surface area contributed by atoms with Crippen LogP contribution in [0.1, 0.15) is 52.7 Å². The summed E-state index contributed by atoms with van der Waals surface area (Å²) < 4.78 is 83.2. The smallest absolute Gasteiger partial charge is 0.257 e. The van der Waals surface area contributed by atoms with Crippen molar-refractivity contribution in [2.24, 2.45) is 17.8 Å². The van der Waals surface area contributed by atoms with Crippen molar-refractivity contribution in [1.82, 2.24) is 4.98 Å². The lowest BCUT2D eigenvalue weighted by Gasteiger charge is -2.49. The fourth-order valence-corrected chi connectivity index (χ4v) is 6.11. The number of fused-ring (bicyclic) bond motifs is 3. The van der Waals surface area contributed by atoms with Crippen molar-refractivity contribution in [1.29, 1.82) is 0 Å². The van der Waals surface area contributed by atoms with Crippen LogP contribution in [0, 0.1) is 17.8 Å². The molecule has 1 nitrogen and oxygen atoms in total. The molecule has 0 N–H and O–H groups in total. The summed E-state index contributed by atoms with van der Waals surface area (Å²) in [6.45, 7) is 11.1. The van der Waals surface area contributed by atoms with Crippen molar-refractivity contribution in [3.05, 3.63) is 41.6 Å². The zero-order valence-electron chi connectivity index (χ0n) is 18.4. The molecule has 2 heterocycles.